The second-order valence-corrected chi connectivity index (χ2v) is 4.09. The van der Waals surface area contributed by atoms with Gasteiger partial charge in [0.05, 0.1) is 23.4 Å². The molecule has 1 saturated heterocycles. The molecule has 2 rings (SSSR count). The molecule has 2 heterocycles. The lowest BCUT2D eigenvalue weighted by Gasteiger charge is -2.11. The average molecular weight is 244 g/mol. The Balaban J connectivity index is 1.93. The van der Waals surface area contributed by atoms with Crippen molar-refractivity contribution >= 4 is 11.6 Å². The molecule has 1 aromatic rings. The molecule has 0 spiro atoms. The summed E-state index contributed by atoms with van der Waals surface area (Å²) in [5.74, 6) is 0.476. The van der Waals surface area contributed by atoms with Crippen LogP contribution in [0.4, 0.5) is 0 Å². The fraction of sp³-hybridized carbons (Fsp3) is 0.545. The normalized spacial score (nSPS) is 20.0. The Morgan fingerprint density at radius 2 is 2.44 bits per heavy atom. The van der Waals surface area contributed by atoms with E-state index in [-0.39, 0.29) is 12.7 Å². The number of aromatic nitrogens is 1. The molecule has 4 nitrogen and oxygen atoms in total. The zero-order valence-corrected chi connectivity index (χ0v) is 9.61. The standard InChI is InChI=1S/C11H14ClNO3/c12-9-3-4-11(13-10(9)6-14)16-7-8-2-1-5-15-8/h3-4,8,14H,1-2,5-7H2. The minimum Gasteiger partial charge on any atom is -0.475 e. The van der Waals surface area contributed by atoms with Crippen LogP contribution in [0, 0.1) is 0 Å². The highest BCUT2D eigenvalue weighted by atomic mass is 35.5. The quantitative estimate of drug-likeness (QED) is 0.876. The van der Waals surface area contributed by atoms with Crippen LogP contribution in [0.2, 0.25) is 5.02 Å². The van der Waals surface area contributed by atoms with Gasteiger partial charge in [-0.3, -0.25) is 0 Å². The number of nitrogens with zero attached hydrogens (tertiary/aromatic N) is 1. The molecular formula is C11H14ClNO3. The van der Waals surface area contributed by atoms with Crippen LogP contribution in [0.15, 0.2) is 12.1 Å². The van der Waals surface area contributed by atoms with E-state index in [0.717, 1.165) is 19.4 Å². The first kappa shape index (κ1) is 11.6. The van der Waals surface area contributed by atoms with Gasteiger partial charge in [0.1, 0.15) is 6.61 Å². The summed E-state index contributed by atoms with van der Waals surface area (Å²) in [5.41, 5.74) is 0.437. The van der Waals surface area contributed by atoms with Gasteiger partial charge in [0.25, 0.3) is 0 Å². The smallest absolute Gasteiger partial charge is 0.213 e. The molecule has 1 N–H and O–H groups in total. The number of aliphatic hydroxyl groups is 1. The predicted octanol–water partition coefficient (Wildman–Crippen LogP) is 1.79. The summed E-state index contributed by atoms with van der Waals surface area (Å²) in [6.45, 7) is 1.12. The average Bonchev–Trinajstić information content (AvgIpc) is 2.81. The molecule has 1 unspecified atom stereocenters. The molecule has 1 aliphatic heterocycles. The van der Waals surface area contributed by atoms with E-state index in [1.54, 1.807) is 12.1 Å². The molecule has 5 heteroatoms. The zero-order chi connectivity index (χ0) is 11.4. The number of hydrogen-bond donors (Lipinski definition) is 1. The monoisotopic (exact) mass is 243 g/mol. The number of pyridine rings is 1. The fourth-order valence-corrected chi connectivity index (χ4v) is 1.77. The lowest BCUT2D eigenvalue weighted by atomic mass is 10.2. The Bertz CT molecular complexity index is 353. The molecule has 0 saturated carbocycles. The second kappa shape index (κ2) is 5.48. The minimum atomic E-state index is -0.185. The summed E-state index contributed by atoms with van der Waals surface area (Å²) in [4.78, 5) is 4.09. The van der Waals surface area contributed by atoms with E-state index in [0.29, 0.717) is 23.2 Å². The topological polar surface area (TPSA) is 51.6 Å². The highest BCUT2D eigenvalue weighted by Crippen LogP contribution is 2.19. The first-order valence-corrected chi connectivity index (χ1v) is 5.68. The van der Waals surface area contributed by atoms with Crippen molar-refractivity contribution in [1.29, 1.82) is 0 Å². The summed E-state index contributed by atoms with van der Waals surface area (Å²) in [5, 5.41) is 9.45. The Morgan fingerprint density at radius 3 is 3.12 bits per heavy atom. The van der Waals surface area contributed by atoms with Gasteiger partial charge in [-0.25, -0.2) is 4.98 Å². The molecule has 88 valence electrons. The van der Waals surface area contributed by atoms with Crippen LogP contribution in [-0.2, 0) is 11.3 Å². The van der Waals surface area contributed by atoms with Gasteiger partial charge >= 0.3 is 0 Å². The number of aliphatic hydroxyl groups excluding tert-OH is 1. The van der Waals surface area contributed by atoms with Crippen LogP contribution in [0.3, 0.4) is 0 Å². The number of hydrogen-bond acceptors (Lipinski definition) is 4. The van der Waals surface area contributed by atoms with E-state index in [1.807, 2.05) is 0 Å². The van der Waals surface area contributed by atoms with Crippen molar-refractivity contribution in [2.75, 3.05) is 13.2 Å². The van der Waals surface area contributed by atoms with Crippen molar-refractivity contribution < 1.29 is 14.6 Å². The molecule has 0 radical (unpaired) electrons. The lowest BCUT2D eigenvalue weighted by Crippen LogP contribution is -2.16. The molecule has 1 aromatic heterocycles. The van der Waals surface area contributed by atoms with Crippen LogP contribution in [-0.4, -0.2) is 29.4 Å². The first-order valence-electron chi connectivity index (χ1n) is 5.30. The Hall–Kier alpha value is -0.840. The molecule has 1 fully saturated rings. The lowest BCUT2D eigenvalue weighted by molar-refractivity contribution is 0.0661. The van der Waals surface area contributed by atoms with E-state index in [2.05, 4.69) is 4.98 Å². The van der Waals surface area contributed by atoms with Crippen LogP contribution >= 0.6 is 11.6 Å². The summed E-state index contributed by atoms with van der Waals surface area (Å²) >= 11 is 5.82. The van der Waals surface area contributed by atoms with Crippen molar-refractivity contribution in [3.8, 4) is 5.88 Å². The van der Waals surface area contributed by atoms with Crippen molar-refractivity contribution in [3.05, 3.63) is 22.8 Å². The van der Waals surface area contributed by atoms with Gasteiger partial charge in [-0.2, -0.15) is 0 Å². The molecule has 0 aliphatic carbocycles. The van der Waals surface area contributed by atoms with Gasteiger partial charge in [-0.15, -0.1) is 0 Å². The molecule has 0 bridgehead atoms. The van der Waals surface area contributed by atoms with Gasteiger partial charge in [-0.05, 0) is 18.9 Å². The van der Waals surface area contributed by atoms with Crippen molar-refractivity contribution in [1.82, 2.24) is 4.98 Å². The molecule has 1 atom stereocenters. The largest absolute Gasteiger partial charge is 0.475 e. The van der Waals surface area contributed by atoms with E-state index >= 15 is 0 Å². The third-order valence-electron chi connectivity index (χ3n) is 2.48. The van der Waals surface area contributed by atoms with Gasteiger partial charge < -0.3 is 14.6 Å². The fourth-order valence-electron chi connectivity index (χ4n) is 1.61. The summed E-state index contributed by atoms with van der Waals surface area (Å²) in [6, 6.07) is 3.36. The third-order valence-corrected chi connectivity index (χ3v) is 2.83. The van der Waals surface area contributed by atoms with Gasteiger partial charge in [0.2, 0.25) is 5.88 Å². The van der Waals surface area contributed by atoms with Crippen LogP contribution in [0.5, 0.6) is 5.88 Å². The Morgan fingerprint density at radius 1 is 1.56 bits per heavy atom. The summed E-state index contributed by atoms with van der Waals surface area (Å²) in [6.07, 6.45) is 2.28. The SMILES string of the molecule is OCc1nc(OCC2CCCO2)ccc1Cl. The van der Waals surface area contributed by atoms with E-state index < -0.39 is 0 Å². The number of ether oxygens (including phenoxy) is 2. The van der Waals surface area contributed by atoms with Gasteiger partial charge in [0, 0.05) is 12.7 Å². The minimum absolute atomic E-state index is 0.162. The molecular weight excluding hydrogens is 230 g/mol. The Labute approximate surface area is 99.2 Å². The maximum absolute atomic E-state index is 9.00. The van der Waals surface area contributed by atoms with Crippen molar-refractivity contribution in [2.24, 2.45) is 0 Å². The van der Waals surface area contributed by atoms with E-state index in [1.165, 1.54) is 0 Å². The van der Waals surface area contributed by atoms with Crippen molar-refractivity contribution in [3.63, 3.8) is 0 Å². The van der Waals surface area contributed by atoms with Gasteiger partial charge in [0.15, 0.2) is 0 Å². The van der Waals surface area contributed by atoms with Crippen LogP contribution in [0.25, 0.3) is 0 Å². The zero-order valence-electron chi connectivity index (χ0n) is 8.86. The highest BCUT2D eigenvalue weighted by Gasteiger charge is 2.16. The second-order valence-electron chi connectivity index (χ2n) is 3.68. The van der Waals surface area contributed by atoms with Crippen molar-refractivity contribution in [2.45, 2.75) is 25.6 Å². The molecule has 1 aliphatic rings. The first-order chi connectivity index (χ1) is 7.79. The van der Waals surface area contributed by atoms with Gasteiger partial charge in [-0.1, -0.05) is 11.6 Å². The molecule has 0 amide bonds. The maximum Gasteiger partial charge on any atom is 0.213 e. The summed E-state index contributed by atoms with van der Waals surface area (Å²) in [7, 11) is 0. The van der Waals surface area contributed by atoms with Crippen LogP contribution < -0.4 is 4.74 Å². The van der Waals surface area contributed by atoms with E-state index in [4.69, 9.17) is 26.2 Å². The number of halogens is 1. The highest BCUT2D eigenvalue weighted by molar-refractivity contribution is 6.31. The maximum atomic E-state index is 9.00. The third kappa shape index (κ3) is 2.84. The Kier molecular flexibility index (Phi) is 3.98. The van der Waals surface area contributed by atoms with E-state index in [9.17, 15) is 0 Å². The predicted molar refractivity (Wildman–Crippen MR) is 59.6 cm³/mol. The molecule has 16 heavy (non-hydrogen) atoms. The molecule has 0 aromatic carbocycles. The van der Waals surface area contributed by atoms with Crippen LogP contribution in [0.1, 0.15) is 18.5 Å². The number of rotatable bonds is 4. The summed E-state index contributed by atoms with van der Waals surface area (Å²) < 4.78 is 10.9.